The molecule has 1 aliphatic heterocycles. The van der Waals surface area contributed by atoms with Crippen molar-refractivity contribution in [3.05, 3.63) is 0 Å². The average molecular weight is 137 g/mol. The second-order valence-electron chi connectivity index (χ2n) is 2.57. The molecule has 0 aromatic carbocycles. The minimum atomic E-state index is 0.216. The molecule has 1 fully saturated rings. The van der Waals surface area contributed by atoms with E-state index in [1.807, 2.05) is 14.0 Å². The quantitative estimate of drug-likeness (QED) is 0.445. The van der Waals surface area contributed by atoms with E-state index in [0.29, 0.717) is 6.42 Å². The van der Waals surface area contributed by atoms with Gasteiger partial charge in [0.2, 0.25) is 5.91 Å². The predicted molar refractivity (Wildman–Crippen MR) is 39.2 cm³/mol. The monoisotopic (exact) mass is 137 g/mol. The van der Waals surface area contributed by atoms with E-state index in [0.717, 1.165) is 6.54 Å². The third kappa shape index (κ3) is 1.30. The minimum absolute atomic E-state index is 0.216. The van der Waals surface area contributed by atoms with Gasteiger partial charge in [0.1, 0.15) is 0 Å². The number of hydrogen-bond donors (Lipinski definition) is 0. The van der Waals surface area contributed by atoms with E-state index in [9.17, 15) is 4.79 Å². The van der Waals surface area contributed by atoms with E-state index < -0.39 is 0 Å². The van der Waals surface area contributed by atoms with Gasteiger partial charge in [-0.2, -0.15) is 0 Å². The van der Waals surface area contributed by atoms with Gasteiger partial charge in [-0.25, -0.2) is 0 Å². The van der Waals surface area contributed by atoms with Crippen LogP contribution in [0.1, 0.15) is 13.3 Å². The van der Waals surface area contributed by atoms with Crippen LogP contribution >= 0.6 is 0 Å². The summed E-state index contributed by atoms with van der Waals surface area (Å²) in [6.45, 7) is 2.61. The van der Waals surface area contributed by atoms with Gasteiger partial charge in [-0.3, -0.25) is 4.79 Å². The second kappa shape index (κ2) is 2.74. The van der Waals surface area contributed by atoms with Gasteiger partial charge < -0.3 is 4.90 Å². The minimum Gasteiger partial charge on any atom is -0.344 e. The van der Waals surface area contributed by atoms with E-state index >= 15 is 0 Å². The molecule has 10 heavy (non-hydrogen) atoms. The van der Waals surface area contributed by atoms with Gasteiger partial charge >= 0.3 is 0 Å². The summed E-state index contributed by atoms with van der Waals surface area (Å²) in [5.41, 5.74) is 0. The lowest BCUT2D eigenvalue weighted by Gasteiger charge is -2.04. The lowest BCUT2D eigenvalue weighted by molar-refractivity contribution is -0.126. The van der Waals surface area contributed by atoms with E-state index in [1.165, 1.54) is 0 Å². The van der Waals surface area contributed by atoms with Crippen molar-refractivity contribution >= 4 is 5.91 Å². The number of rotatable bonds is 0. The smallest absolute Gasteiger partial charge is 0.223 e. The lowest BCUT2D eigenvalue weighted by atomic mass is 10.1. The van der Waals surface area contributed by atoms with E-state index in [4.69, 9.17) is 0 Å². The van der Waals surface area contributed by atoms with Crippen LogP contribution in [0.15, 0.2) is 0 Å². The Morgan fingerprint density at radius 1 is 1.70 bits per heavy atom. The van der Waals surface area contributed by atoms with Crippen molar-refractivity contribution in [1.82, 2.24) is 4.90 Å². The van der Waals surface area contributed by atoms with Gasteiger partial charge in [0.05, 0.1) is 0 Å². The summed E-state index contributed by atoms with van der Waals surface area (Å²) in [4.78, 5) is 12.6. The first-order chi connectivity index (χ1) is 4.74. The standard InChI is InChI=1S/C8H11NO/c1-3-4-7-5-8(10)9(2)6-7/h7H,5-6H2,1-2H3/t7-/m0/s1. The number of hydrogen-bond acceptors (Lipinski definition) is 1. The molecule has 1 saturated heterocycles. The third-order valence-corrected chi connectivity index (χ3v) is 1.69. The molecule has 1 atom stereocenters. The maximum absolute atomic E-state index is 10.9. The summed E-state index contributed by atoms with van der Waals surface area (Å²) in [6, 6.07) is 0. The lowest BCUT2D eigenvalue weighted by Crippen LogP contribution is -2.18. The molecule has 0 radical (unpaired) electrons. The maximum atomic E-state index is 10.9. The summed E-state index contributed by atoms with van der Waals surface area (Å²) in [5.74, 6) is 6.31. The van der Waals surface area contributed by atoms with Crippen molar-refractivity contribution in [2.24, 2.45) is 5.92 Å². The Morgan fingerprint density at radius 2 is 2.40 bits per heavy atom. The second-order valence-corrected chi connectivity index (χ2v) is 2.57. The number of nitrogens with zero attached hydrogens (tertiary/aromatic N) is 1. The number of carbonyl (C=O) groups excluding carboxylic acids is 1. The first-order valence-corrected chi connectivity index (χ1v) is 3.40. The Hall–Kier alpha value is -0.970. The highest BCUT2D eigenvalue weighted by Gasteiger charge is 2.24. The number of likely N-dealkylation sites (tertiary alicyclic amines) is 1. The van der Waals surface area contributed by atoms with Crippen molar-refractivity contribution in [2.75, 3.05) is 13.6 Å². The van der Waals surface area contributed by atoms with Crippen molar-refractivity contribution in [1.29, 1.82) is 0 Å². The van der Waals surface area contributed by atoms with E-state index in [-0.39, 0.29) is 11.8 Å². The molecule has 0 N–H and O–H groups in total. The average Bonchev–Trinajstić information content (AvgIpc) is 2.14. The van der Waals surface area contributed by atoms with Crippen LogP contribution in [0.5, 0.6) is 0 Å². The molecule has 2 heteroatoms. The Labute approximate surface area is 61.2 Å². The van der Waals surface area contributed by atoms with Crippen LogP contribution in [0.3, 0.4) is 0 Å². The van der Waals surface area contributed by atoms with Gasteiger partial charge in [-0.05, 0) is 6.92 Å². The summed E-state index contributed by atoms with van der Waals surface area (Å²) in [6.07, 6.45) is 0.608. The molecule has 1 amide bonds. The maximum Gasteiger partial charge on any atom is 0.223 e. The molecule has 0 aromatic heterocycles. The van der Waals surface area contributed by atoms with Crippen molar-refractivity contribution in [3.8, 4) is 11.8 Å². The largest absolute Gasteiger partial charge is 0.344 e. The first-order valence-electron chi connectivity index (χ1n) is 3.40. The molecule has 2 nitrogen and oxygen atoms in total. The molecule has 0 aromatic rings. The zero-order valence-electron chi connectivity index (χ0n) is 6.35. The van der Waals surface area contributed by atoms with Crippen LogP contribution < -0.4 is 0 Å². The molecule has 0 bridgehead atoms. The number of carbonyl (C=O) groups is 1. The van der Waals surface area contributed by atoms with Gasteiger partial charge in [-0.1, -0.05) is 5.92 Å². The summed E-state index contributed by atoms with van der Waals surface area (Å²) in [5, 5.41) is 0. The topological polar surface area (TPSA) is 20.3 Å². The van der Waals surface area contributed by atoms with Crippen LogP contribution in [0.2, 0.25) is 0 Å². The highest BCUT2D eigenvalue weighted by Crippen LogP contribution is 2.13. The molecule has 1 aliphatic rings. The highest BCUT2D eigenvalue weighted by atomic mass is 16.2. The normalized spacial score (nSPS) is 24.4. The summed E-state index contributed by atoms with van der Waals surface area (Å²) in [7, 11) is 1.82. The number of amides is 1. The van der Waals surface area contributed by atoms with Gasteiger partial charge in [-0.15, -0.1) is 5.92 Å². The van der Waals surface area contributed by atoms with Crippen molar-refractivity contribution in [2.45, 2.75) is 13.3 Å². The van der Waals surface area contributed by atoms with Crippen molar-refractivity contribution in [3.63, 3.8) is 0 Å². The zero-order chi connectivity index (χ0) is 7.56. The van der Waals surface area contributed by atoms with Crippen molar-refractivity contribution < 1.29 is 4.79 Å². The molecule has 0 unspecified atom stereocenters. The molecule has 0 saturated carbocycles. The van der Waals surface area contributed by atoms with Gasteiger partial charge in [0.15, 0.2) is 0 Å². The van der Waals surface area contributed by atoms with Crippen LogP contribution in [-0.2, 0) is 4.79 Å². The molecule has 1 rings (SSSR count). The predicted octanol–water partition coefficient (Wildman–Crippen LogP) is 0.488. The van der Waals surface area contributed by atoms with Crippen LogP contribution in [0.4, 0.5) is 0 Å². The van der Waals surface area contributed by atoms with E-state index in [2.05, 4.69) is 11.8 Å². The molecule has 1 heterocycles. The fraction of sp³-hybridized carbons (Fsp3) is 0.625. The summed E-state index contributed by atoms with van der Waals surface area (Å²) < 4.78 is 0. The highest BCUT2D eigenvalue weighted by molar-refractivity contribution is 5.78. The Morgan fingerprint density at radius 3 is 2.80 bits per heavy atom. The van der Waals surface area contributed by atoms with Gasteiger partial charge in [0.25, 0.3) is 0 Å². The van der Waals surface area contributed by atoms with Crippen LogP contribution in [0, 0.1) is 17.8 Å². The molecular weight excluding hydrogens is 126 g/mol. The fourth-order valence-corrected chi connectivity index (χ4v) is 1.16. The third-order valence-electron chi connectivity index (χ3n) is 1.69. The molecule has 0 spiro atoms. The van der Waals surface area contributed by atoms with Crippen LogP contribution in [0.25, 0.3) is 0 Å². The SMILES string of the molecule is CC#C[C@H]1CC(=O)N(C)C1. The van der Waals surface area contributed by atoms with Crippen LogP contribution in [-0.4, -0.2) is 24.4 Å². The zero-order valence-corrected chi connectivity index (χ0v) is 6.35. The van der Waals surface area contributed by atoms with Gasteiger partial charge in [0, 0.05) is 25.9 Å². The summed E-state index contributed by atoms with van der Waals surface area (Å²) >= 11 is 0. The molecule has 54 valence electrons. The molecular formula is C8H11NO. The Bertz CT molecular complexity index is 199. The Balaban J connectivity index is 2.54. The van der Waals surface area contributed by atoms with E-state index in [1.54, 1.807) is 4.90 Å². The Kier molecular flexibility index (Phi) is 1.96. The fourth-order valence-electron chi connectivity index (χ4n) is 1.16. The first kappa shape index (κ1) is 7.14. The molecule has 0 aliphatic carbocycles.